The second-order valence-electron chi connectivity index (χ2n) is 4.30. The fraction of sp³-hybridized carbons (Fsp3) is 0.143. The number of rotatable bonds is 4. The van der Waals surface area contributed by atoms with E-state index in [1.54, 1.807) is 17.5 Å². The molecule has 2 aromatic heterocycles. The number of hydrogen-bond acceptors (Lipinski definition) is 4. The lowest BCUT2D eigenvalue weighted by molar-refractivity contribution is 0.826. The van der Waals surface area contributed by atoms with Gasteiger partial charge in [-0.2, -0.15) is 5.10 Å². The van der Waals surface area contributed by atoms with E-state index in [1.807, 2.05) is 23.7 Å². The summed E-state index contributed by atoms with van der Waals surface area (Å²) in [5.74, 6) is 0. The van der Waals surface area contributed by atoms with Crippen LogP contribution in [0.1, 0.15) is 18.7 Å². The number of nitrogens with one attached hydrogen (secondary N) is 2. The number of anilines is 1. The van der Waals surface area contributed by atoms with Gasteiger partial charge in [-0.1, -0.05) is 12.1 Å². The third-order valence-electron chi connectivity index (χ3n) is 2.91. The van der Waals surface area contributed by atoms with Gasteiger partial charge in [0, 0.05) is 29.0 Å². The molecule has 0 saturated carbocycles. The summed E-state index contributed by atoms with van der Waals surface area (Å²) in [7, 11) is 0. The Hall–Kier alpha value is -2.14. The summed E-state index contributed by atoms with van der Waals surface area (Å²) < 4.78 is 0. The SMILES string of the molecule is CC(Nc1cccc(-c2nccs2)c1)c1ccn[nH]1. The molecular weight excluding hydrogens is 256 g/mol. The minimum absolute atomic E-state index is 0.189. The van der Waals surface area contributed by atoms with Crippen LogP contribution in [-0.4, -0.2) is 15.2 Å². The number of aromatic amines is 1. The van der Waals surface area contributed by atoms with Gasteiger partial charge in [-0.25, -0.2) is 4.98 Å². The molecule has 2 N–H and O–H groups in total. The molecular formula is C14H14N4S. The van der Waals surface area contributed by atoms with Crippen LogP contribution in [0.15, 0.2) is 48.1 Å². The zero-order chi connectivity index (χ0) is 13.1. The summed E-state index contributed by atoms with van der Waals surface area (Å²) in [6.07, 6.45) is 3.59. The first-order chi connectivity index (χ1) is 9.33. The molecule has 0 aliphatic heterocycles. The van der Waals surface area contributed by atoms with Crippen molar-refractivity contribution in [1.82, 2.24) is 15.2 Å². The van der Waals surface area contributed by atoms with E-state index in [0.717, 1.165) is 22.0 Å². The molecule has 2 heterocycles. The van der Waals surface area contributed by atoms with E-state index in [1.165, 1.54) is 0 Å². The van der Waals surface area contributed by atoms with Crippen molar-refractivity contribution in [2.45, 2.75) is 13.0 Å². The van der Waals surface area contributed by atoms with Crippen molar-refractivity contribution in [2.24, 2.45) is 0 Å². The van der Waals surface area contributed by atoms with Gasteiger partial charge in [-0.15, -0.1) is 11.3 Å². The molecule has 0 aliphatic rings. The monoisotopic (exact) mass is 270 g/mol. The third kappa shape index (κ3) is 2.66. The quantitative estimate of drug-likeness (QED) is 0.760. The van der Waals surface area contributed by atoms with E-state index in [-0.39, 0.29) is 6.04 Å². The molecule has 19 heavy (non-hydrogen) atoms. The van der Waals surface area contributed by atoms with Gasteiger partial charge in [-0.05, 0) is 25.1 Å². The molecule has 3 aromatic rings. The number of thiazole rings is 1. The van der Waals surface area contributed by atoms with Crippen molar-refractivity contribution < 1.29 is 0 Å². The Morgan fingerprint density at radius 1 is 1.26 bits per heavy atom. The van der Waals surface area contributed by atoms with Crippen molar-refractivity contribution >= 4 is 17.0 Å². The molecule has 1 atom stereocenters. The normalized spacial score (nSPS) is 12.3. The number of H-pyrrole nitrogens is 1. The van der Waals surface area contributed by atoms with Gasteiger partial charge in [0.25, 0.3) is 0 Å². The van der Waals surface area contributed by atoms with Crippen LogP contribution in [0.25, 0.3) is 10.6 Å². The highest BCUT2D eigenvalue weighted by atomic mass is 32.1. The third-order valence-corrected chi connectivity index (χ3v) is 3.74. The first-order valence-electron chi connectivity index (χ1n) is 6.08. The van der Waals surface area contributed by atoms with Gasteiger partial charge < -0.3 is 5.32 Å². The second kappa shape index (κ2) is 5.24. The highest BCUT2D eigenvalue weighted by Gasteiger charge is 2.07. The molecule has 0 fully saturated rings. The van der Waals surface area contributed by atoms with Gasteiger partial charge in [0.05, 0.1) is 11.7 Å². The van der Waals surface area contributed by atoms with E-state index in [0.29, 0.717) is 0 Å². The fourth-order valence-corrected chi connectivity index (χ4v) is 2.58. The smallest absolute Gasteiger partial charge is 0.123 e. The van der Waals surface area contributed by atoms with E-state index >= 15 is 0 Å². The van der Waals surface area contributed by atoms with Gasteiger partial charge in [0.15, 0.2) is 0 Å². The van der Waals surface area contributed by atoms with Crippen LogP contribution in [0.5, 0.6) is 0 Å². The molecule has 0 radical (unpaired) electrons. The number of hydrogen-bond donors (Lipinski definition) is 2. The van der Waals surface area contributed by atoms with Crippen molar-refractivity contribution in [1.29, 1.82) is 0 Å². The molecule has 5 heteroatoms. The molecule has 0 spiro atoms. The van der Waals surface area contributed by atoms with E-state index < -0.39 is 0 Å². The fourth-order valence-electron chi connectivity index (χ4n) is 1.94. The summed E-state index contributed by atoms with van der Waals surface area (Å²) >= 11 is 1.65. The lowest BCUT2D eigenvalue weighted by atomic mass is 10.2. The highest BCUT2D eigenvalue weighted by molar-refractivity contribution is 7.13. The average Bonchev–Trinajstić information content (AvgIpc) is 3.13. The predicted octanol–water partition coefficient (Wildman–Crippen LogP) is 3.71. The average molecular weight is 270 g/mol. The molecule has 0 bridgehead atoms. The number of aromatic nitrogens is 3. The summed E-state index contributed by atoms with van der Waals surface area (Å²) in [5, 5.41) is 13.4. The Bertz CT molecular complexity index is 631. The summed E-state index contributed by atoms with van der Waals surface area (Å²) in [6.45, 7) is 2.10. The maximum absolute atomic E-state index is 4.33. The van der Waals surface area contributed by atoms with Crippen LogP contribution in [0.3, 0.4) is 0 Å². The van der Waals surface area contributed by atoms with E-state index in [4.69, 9.17) is 0 Å². The zero-order valence-electron chi connectivity index (χ0n) is 10.5. The van der Waals surface area contributed by atoms with E-state index in [2.05, 4.69) is 45.6 Å². The maximum Gasteiger partial charge on any atom is 0.123 e. The summed E-state index contributed by atoms with van der Waals surface area (Å²) in [6, 6.07) is 10.5. The Morgan fingerprint density at radius 2 is 2.21 bits per heavy atom. The topological polar surface area (TPSA) is 53.6 Å². The molecule has 1 aromatic carbocycles. The second-order valence-corrected chi connectivity index (χ2v) is 5.19. The largest absolute Gasteiger partial charge is 0.377 e. The standard InChI is InChI=1S/C14H14N4S/c1-10(13-5-6-16-18-13)17-12-4-2-3-11(9-12)14-15-7-8-19-14/h2-10,17H,1H3,(H,16,18). The van der Waals surface area contributed by atoms with Crippen LogP contribution >= 0.6 is 11.3 Å². The van der Waals surface area contributed by atoms with Crippen LogP contribution in [0, 0.1) is 0 Å². The van der Waals surface area contributed by atoms with Crippen molar-refractivity contribution in [3.8, 4) is 10.6 Å². The number of benzene rings is 1. The zero-order valence-corrected chi connectivity index (χ0v) is 11.3. The summed E-state index contributed by atoms with van der Waals surface area (Å²) in [4.78, 5) is 4.33. The Balaban J connectivity index is 1.80. The van der Waals surface area contributed by atoms with E-state index in [9.17, 15) is 0 Å². The molecule has 0 amide bonds. The molecule has 0 aliphatic carbocycles. The highest BCUT2D eigenvalue weighted by Crippen LogP contribution is 2.26. The molecule has 1 unspecified atom stereocenters. The van der Waals surface area contributed by atoms with Crippen LogP contribution in [-0.2, 0) is 0 Å². The molecule has 3 rings (SSSR count). The summed E-state index contributed by atoms with van der Waals surface area (Å²) in [5.41, 5.74) is 3.28. The Kier molecular flexibility index (Phi) is 3.29. The van der Waals surface area contributed by atoms with Gasteiger partial charge in [-0.3, -0.25) is 5.10 Å². The molecule has 96 valence electrons. The lowest BCUT2D eigenvalue weighted by Gasteiger charge is -2.14. The minimum atomic E-state index is 0.189. The van der Waals surface area contributed by atoms with Crippen LogP contribution in [0.4, 0.5) is 5.69 Å². The molecule has 4 nitrogen and oxygen atoms in total. The van der Waals surface area contributed by atoms with Gasteiger partial charge in [0.1, 0.15) is 5.01 Å². The minimum Gasteiger partial charge on any atom is -0.377 e. The first-order valence-corrected chi connectivity index (χ1v) is 6.96. The first kappa shape index (κ1) is 11.9. The molecule has 0 saturated heterocycles. The maximum atomic E-state index is 4.33. The van der Waals surface area contributed by atoms with Crippen LogP contribution < -0.4 is 5.32 Å². The predicted molar refractivity (Wildman–Crippen MR) is 78.2 cm³/mol. The van der Waals surface area contributed by atoms with Crippen molar-refractivity contribution in [3.63, 3.8) is 0 Å². The van der Waals surface area contributed by atoms with Crippen LogP contribution in [0.2, 0.25) is 0 Å². The van der Waals surface area contributed by atoms with Crippen molar-refractivity contribution in [3.05, 3.63) is 53.8 Å². The Labute approximate surface area is 115 Å². The number of nitrogens with zero attached hydrogens (tertiary/aromatic N) is 2. The Morgan fingerprint density at radius 3 is 2.95 bits per heavy atom. The van der Waals surface area contributed by atoms with Gasteiger partial charge >= 0.3 is 0 Å². The van der Waals surface area contributed by atoms with Crippen molar-refractivity contribution in [2.75, 3.05) is 5.32 Å². The lowest BCUT2D eigenvalue weighted by Crippen LogP contribution is -2.06. The van der Waals surface area contributed by atoms with Gasteiger partial charge in [0.2, 0.25) is 0 Å².